The lowest BCUT2D eigenvalue weighted by Crippen LogP contribution is -2.24. The first-order chi connectivity index (χ1) is 17.5. The van der Waals surface area contributed by atoms with Crippen molar-refractivity contribution in [3.05, 3.63) is 102 Å². The highest BCUT2D eigenvalue weighted by Gasteiger charge is 2.11. The Kier molecular flexibility index (Phi) is 8.29. The highest BCUT2D eigenvalue weighted by atomic mass is 16.5. The zero-order chi connectivity index (χ0) is 25.3. The molecule has 0 aliphatic carbocycles. The first-order valence-electron chi connectivity index (χ1n) is 12.3. The Labute approximate surface area is 212 Å². The Bertz CT molecular complexity index is 1290. The first-order valence-corrected chi connectivity index (χ1v) is 12.3. The summed E-state index contributed by atoms with van der Waals surface area (Å²) in [6.45, 7) is 6.34. The topological polar surface area (TPSA) is 68.5 Å². The van der Waals surface area contributed by atoms with Crippen molar-refractivity contribution < 1.29 is 9.53 Å². The highest BCUT2D eigenvalue weighted by molar-refractivity contribution is 5.89. The first kappa shape index (κ1) is 24.9. The molecular weight excluding hydrogens is 448 g/mol. The Morgan fingerprint density at radius 3 is 2.47 bits per heavy atom. The van der Waals surface area contributed by atoms with Gasteiger partial charge in [0, 0.05) is 17.3 Å². The van der Waals surface area contributed by atoms with E-state index in [0.29, 0.717) is 11.7 Å². The number of hydrazone groups is 1. The summed E-state index contributed by atoms with van der Waals surface area (Å²) in [6, 6.07) is 26.0. The number of ether oxygens (including phenoxy) is 1. The Hall–Kier alpha value is -4.19. The fourth-order valence-corrected chi connectivity index (χ4v) is 3.98. The summed E-state index contributed by atoms with van der Waals surface area (Å²) in [5.74, 6) is 0.840. The van der Waals surface area contributed by atoms with Crippen molar-refractivity contribution in [2.75, 3.05) is 6.61 Å². The van der Waals surface area contributed by atoms with Gasteiger partial charge in [-0.05, 0) is 49.1 Å². The third-order valence-electron chi connectivity index (χ3n) is 6.02. The number of hydrogen-bond donors (Lipinski definition) is 1. The molecule has 1 amide bonds. The van der Waals surface area contributed by atoms with E-state index < -0.39 is 0 Å². The van der Waals surface area contributed by atoms with E-state index in [-0.39, 0.29) is 12.5 Å². The molecule has 6 heteroatoms. The zero-order valence-electron chi connectivity index (χ0n) is 21.0. The molecule has 6 nitrogen and oxygen atoms in total. The largest absolute Gasteiger partial charge is 0.484 e. The normalized spacial score (nSPS) is 12.0. The van der Waals surface area contributed by atoms with Crippen LogP contribution in [-0.2, 0) is 4.79 Å². The van der Waals surface area contributed by atoms with E-state index in [2.05, 4.69) is 36.5 Å². The minimum atomic E-state index is -0.331. The number of carbonyl (C=O) groups is 1. The molecule has 0 bridgehead atoms. The molecule has 0 saturated carbocycles. The summed E-state index contributed by atoms with van der Waals surface area (Å²) in [6.07, 6.45) is 5.82. The fourth-order valence-electron chi connectivity index (χ4n) is 3.98. The molecule has 4 aromatic rings. The minimum absolute atomic E-state index is 0.116. The number of aromatic nitrogens is 2. The predicted molar refractivity (Wildman–Crippen MR) is 145 cm³/mol. The molecule has 0 spiro atoms. The molecule has 4 rings (SSSR count). The van der Waals surface area contributed by atoms with E-state index in [1.54, 1.807) is 6.21 Å². The lowest BCUT2D eigenvalue weighted by atomic mass is 9.97. The average molecular weight is 481 g/mol. The standard InChI is InChI=1S/C30H32N4O2/c1-4-8-23(3)24-15-17-28(18-16-24)36-21-29(35)32-31-19-26-20-34(27-9-6-5-7-10-27)33-30(26)25-13-11-22(2)12-14-25/h5-7,9-20,23H,4,8,21H2,1-3H3,(H,32,35). The summed E-state index contributed by atoms with van der Waals surface area (Å²) in [5, 5.41) is 8.94. The molecule has 0 aliphatic heterocycles. The van der Waals surface area contributed by atoms with Gasteiger partial charge in [0.2, 0.25) is 0 Å². The maximum atomic E-state index is 12.3. The van der Waals surface area contributed by atoms with Crippen LogP contribution >= 0.6 is 0 Å². The van der Waals surface area contributed by atoms with Crippen LogP contribution in [0.25, 0.3) is 16.9 Å². The van der Waals surface area contributed by atoms with E-state index in [9.17, 15) is 4.79 Å². The van der Waals surface area contributed by atoms with Gasteiger partial charge in [-0.15, -0.1) is 0 Å². The van der Waals surface area contributed by atoms with Gasteiger partial charge >= 0.3 is 0 Å². The van der Waals surface area contributed by atoms with Crippen LogP contribution in [0.2, 0.25) is 0 Å². The van der Waals surface area contributed by atoms with Gasteiger partial charge in [0.15, 0.2) is 6.61 Å². The summed E-state index contributed by atoms with van der Waals surface area (Å²) in [4.78, 5) is 12.3. The lowest BCUT2D eigenvalue weighted by molar-refractivity contribution is -0.123. The van der Waals surface area contributed by atoms with Crippen molar-refractivity contribution in [3.63, 3.8) is 0 Å². The Morgan fingerprint density at radius 2 is 1.78 bits per heavy atom. The molecule has 0 radical (unpaired) electrons. The molecular formula is C30H32N4O2. The molecule has 0 fully saturated rings. The summed E-state index contributed by atoms with van der Waals surface area (Å²) in [7, 11) is 0. The SMILES string of the molecule is CCCC(C)c1ccc(OCC(=O)NN=Cc2cn(-c3ccccc3)nc2-c2ccc(C)cc2)cc1. The second-order valence-corrected chi connectivity index (χ2v) is 8.92. The second kappa shape index (κ2) is 12.0. The molecule has 1 N–H and O–H groups in total. The molecule has 1 unspecified atom stereocenters. The predicted octanol–water partition coefficient (Wildman–Crippen LogP) is 6.28. The van der Waals surface area contributed by atoms with Crippen molar-refractivity contribution in [1.82, 2.24) is 15.2 Å². The summed E-state index contributed by atoms with van der Waals surface area (Å²) < 4.78 is 7.44. The molecule has 3 aromatic carbocycles. The van der Waals surface area contributed by atoms with Crippen LogP contribution in [0, 0.1) is 6.92 Å². The van der Waals surface area contributed by atoms with Crippen molar-refractivity contribution >= 4 is 12.1 Å². The molecule has 1 heterocycles. The van der Waals surface area contributed by atoms with Crippen LogP contribution in [0.3, 0.4) is 0 Å². The number of benzene rings is 3. The van der Waals surface area contributed by atoms with Crippen LogP contribution in [0.1, 0.15) is 49.3 Å². The molecule has 36 heavy (non-hydrogen) atoms. The Balaban J connectivity index is 1.41. The second-order valence-electron chi connectivity index (χ2n) is 8.92. The molecule has 1 aromatic heterocycles. The maximum Gasteiger partial charge on any atom is 0.277 e. The van der Waals surface area contributed by atoms with Crippen molar-refractivity contribution in [2.45, 2.75) is 39.5 Å². The van der Waals surface area contributed by atoms with Crippen molar-refractivity contribution in [1.29, 1.82) is 0 Å². The maximum absolute atomic E-state index is 12.3. The van der Waals surface area contributed by atoms with Crippen LogP contribution in [0.15, 0.2) is 90.2 Å². The molecule has 0 saturated heterocycles. The van der Waals surface area contributed by atoms with E-state index in [0.717, 1.165) is 35.3 Å². The number of para-hydroxylation sites is 1. The van der Waals surface area contributed by atoms with Crippen LogP contribution in [-0.4, -0.2) is 28.5 Å². The van der Waals surface area contributed by atoms with Gasteiger partial charge in [-0.25, -0.2) is 10.1 Å². The van der Waals surface area contributed by atoms with Gasteiger partial charge < -0.3 is 4.74 Å². The molecule has 0 aliphatic rings. The number of nitrogens with one attached hydrogen (secondary N) is 1. The molecule has 1 atom stereocenters. The summed E-state index contributed by atoms with van der Waals surface area (Å²) >= 11 is 0. The van der Waals surface area contributed by atoms with Gasteiger partial charge in [-0.1, -0.05) is 80.4 Å². The van der Waals surface area contributed by atoms with Crippen LogP contribution in [0.5, 0.6) is 5.75 Å². The average Bonchev–Trinajstić information content (AvgIpc) is 3.33. The number of carbonyl (C=O) groups excluding carboxylic acids is 1. The molecule has 184 valence electrons. The van der Waals surface area contributed by atoms with Gasteiger partial charge in [-0.2, -0.15) is 10.2 Å². The minimum Gasteiger partial charge on any atom is -0.484 e. The van der Waals surface area contributed by atoms with E-state index in [1.165, 1.54) is 11.1 Å². The lowest BCUT2D eigenvalue weighted by Gasteiger charge is -2.11. The van der Waals surface area contributed by atoms with E-state index in [4.69, 9.17) is 9.84 Å². The summed E-state index contributed by atoms with van der Waals surface area (Å²) in [5.41, 5.74) is 8.50. The number of amides is 1. The number of aryl methyl sites for hydroxylation is 1. The Morgan fingerprint density at radius 1 is 1.06 bits per heavy atom. The quantitative estimate of drug-likeness (QED) is 0.215. The number of nitrogens with zero attached hydrogens (tertiary/aromatic N) is 3. The third-order valence-corrected chi connectivity index (χ3v) is 6.02. The highest BCUT2D eigenvalue weighted by Crippen LogP contribution is 2.24. The monoisotopic (exact) mass is 480 g/mol. The smallest absolute Gasteiger partial charge is 0.277 e. The van der Waals surface area contributed by atoms with Crippen molar-refractivity contribution in [2.24, 2.45) is 5.10 Å². The van der Waals surface area contributed by atoms with Crippen LogP contribution < -0.4 is 10.2 Å². The van der Waals surface area contributed by atoms with Crippen LogP contribution in [0.4, 0.5) is 0 Å². The number of hydrogen-bond acceptors (Lipinski definition) is 4. The van der Waals surface area contributed by atoms with Crippen molar-refractivity contribution in [3.8, 4) is 22.7 Å². The van der Waals surface area contributed by atoms with E-state index in [1.807, 2.05) is 84.5 Å². The van der Waals surface area contributed by atoms with Gasteiger partial charge in [0.05, 0.1) is 11.9 Å². The van der Waals surface area contributed by atoms with Gasteiger partial charge in [0.1, 0.15) is 11.4 Å². The van der Waals surface area contributed by atoms with E-state index >= 15 is 0 Å². The van der Waals surface area contributed by atoms with Gasteiger partial charge in [0.25, 0.3) is 5.91 Å². The fraction of sp³-hybridized carbons (Fsp3) is 0.233. The third kappa shape index (κ3) is 6.48. The van der Waals surface area contributed by atoms with Gasteiger partial charge in [-0.3, -0.25) is 4.79 Å². The number of rotatable bonds is 10. The zero-order valence-corrected chi connectivity index (χ0v) is 21.0.